The van der Waals surface area contributed by atoms with E-state index in [-0.39, 0.29) is 12.3 Å². The lowest BCUT2D eigenvalue weighted by molar-refractivity contribution is -0.121. The molecule has 31 heavy (non-hydrogen) atoms. The number of carbonyl (C=O) groups is 2. The van der Waals surface area contributed by atoms with Gasteiger partial charge in [0.1, 0.15) is 0 Å². The second-order valence-corrected chi connectivity index (χ2v) is 7.38. The first-order valence-corrected chi connectivity index (χ1v) is 10.1. The summed E-state index contributed by atoms with van der Waals surface area (Å²) in [4.78, 5) is 33.7. The number of nitrogens with one attached hydrogen (secondary N) is 2. The quantitative estimate of drug-likeness (QED) is 0.461. The van der Waals surface area contributed by atoms with Crippen LogP contribution in [0.3, 0.4) is 0 Å². The summed E-state index contributed by atoms with van der Waals surface area (Å²) in [6.45, 7) is 0. The minimum absolute atomic E-state index is 0.235. The summed E-state index contributed by atoms with van der Waals surface area (Å²) in [5.74, 6) is -0.697. The number of aromatic nitrogens is 2. The second kappa shape index (κ2) is 9.36. The van der Waals surface area contributed by atoms with E-state index in [2.05, 4.69) is 20.8 Å². The van der Waals surface area contributed by atoms with E-state index in [9.17, 15) is 9.59 Å². The lowest BCUT2D eigenvalue weighted by Crippen LogP contribution is -2.41. The summed E-state index contributed by atoms with van der Waals surface area (Å²) in [7, 11) is 0. The van der Waals surface area contributed by atoms with Crippen LogP contribution in [-0.2, 0) is 11.2 Å². The Bertz CT molecular complexity index is 1230. The molecule has 0 saturated heterocycles. The molecular weight excluding hydrogens is 412 g/mol. The Morgan fingerprint density at radius 2 is 1.74 bits per heavy atom. The van der Waals surface area contributed by atoms with Gasteiger partial charge in [0.25, 0.3) is 5.91 Å². The number of amides is 2. The number of carbonyl (C=O) groups excluding carboxylic acids is 2. The molecule has 0 aliphatic heterocycles. The van der Waals surface area contributed by atoms with Gasteiger partial charge in [-0.05, 0) is 42.3 Å². The van der Waals surface area contributed by atoms with Crippen LogP contribution in [-0.4, -0.2) is 21.8 Å². The molecule has 0 aliphatic rings. The Morgan fingerprint density at radius 3 is 2.52 bits per heavy atom. The number of pyridine rings is 2. The van der Waals surface area contributed by atoms with Crippen molar-refractivity contribution in [3.63, 3.8) is 0 Å². The highest BCUT2D eigenvalue weighted by molar-refractivity contribution is 6.30. The van der Waals surface area contributed by atoms with E-state index < -0.39 is 5.91 Å². The van der Waals surface area contributed by atoms with Crippen molar-refractivity contribution in [1.82, 2.24) is 20.8 Å². The van der Waals surface area contributed by atoms with Gasteiger partial charge in [0.2, 0.25) is 5.91 Å². The van der Waals surface area contributed by atoms with Crippen molar-refractivity contribution < 1.29 is 9.59 Å². The average molecular weight is 431 g/mol. The molecule has 0 radical (unpaired) electrons. The van der Waals surface area contributed by atoms with Gasteiger partial charge < -0.3 is 0 Å². The fourth-order valence-corrected chi connectivity index (χ4v) is 3.32. The third kappa shape index (κ3) is 5.05. The Balaban J connectivity index is 1.51. The van der Waals surface area contributed by atoms with Crippen LogP contribution in [0.1, 0.15) is 22.3 Å². The molecule has 0 unspecified atom stereocenters. The maximum atomic E-state index is 12.9. The van der Waals surface area contributed by atoms with Crippen LogP contribution < -0.4 is 10.9 Å². The van der Waals surface area contributed by atoms with Crippen LogP contribution in [0.2, 0.25) is 5.02 Å². The molecule has 2 aromatic carbocycles. The lowest BCUT2D eigenvalue weighted by Gasteiger charge is -2.11. The summed E-state index contributed by atoms with van der Waals surface area (Å²) in [5, 5.41) is 1.32. The first kappa shape index (κ1) is 20.5. The van der Waals surface area contributed by atoms with Crippen LogP contribution in [0.5, 0.6) is 0 Å². The molecule has 2 heterocycles. The van der Waals surface area contributed by atoms with Crippen molar-refractivity contribution in [3.05, 3.63) is 95.3 Å². The Morgan fingerprint density at radius 1 is 0.935 bits per heavy atom. The van der Waals surface area contributed by atoms with Gasteiger partial charge in [-0.15, -0.1) is 0 Å². The number of hydrogen-bond acceptors (Lipinski definition) is 4. The highest BCUT2D eigenvalue weighted by Crippen LogP contribution is 2.25. The first-order valence-electron chi connectivity index (χ1n) is 9.74. The average Bonchev–Trinajstić information content (AvgIpc) is 2.81. The van der Waals surface area contributed by atoms with Crippen molar-refractivity contribution in [1.29, 1.82) is 0 Å². The summed E-state index contributed by atoms with van der Waals surface area (Å²) < 4.78 is 0. The third-order valence-corrected chi connectivity index (χ3v) is 5.03. The van der Waals surface area contributed by atoms with Crippen molar-refractivity contribution >= 4 is 34.3 Å². The molecule has 2 aromatic heterocycles. The Kier molecular flexibility index (Phi) is 6.19. The van der Waals surface area contributed by atoms with E-state index >= 15 is 0 Å². The normalized spacial score (nSPS) is 10.6. The maximum absolute atomic E-state index is 12.9. The monoisotopic (exact) mass is 430 g/mol. The maximum Gasteiger partial charge on any atom is 0.270 e. The standard InChI is InChI=1S/C24H19ClN4O2/c25-18-10-8-17(9-11-18)22-14-20(19-5-1-2-6-21(19)27-22)24(31)29-28-23(30)12-7-16-4-3-13-26-15-16/h1-6,8-11,13-15H,7,12H2,(H,28,30)(H,29,31). The van der Waals surface area contributed by atoms with E-state index in [0.717, 1.165) is 11.1 Å². The summed E-state index contributed by atoms with van der Waals surface area (Å²) in [6.07, 6.45) is 4.17. The van der Waals surface area contributed by atoms with Gasteiger partial charge in [-0.2, -0.15) is 0 Å². The zero-order valence-corrected chi connectivity index (χ0v) is 17.3. The van der Waals surface area contributed by atoms with E-state index in [1.807, 2.05) is 48.5 Å². The van der Waals surface area contributed by atoms with Gasteiger partial charge in [-0.1, -0.05) is 48.0 Å². The minimum atomic E-state index is -0.413. The number of benzene rings is 2. The topological polar surface area (TPSA) is 84.0 Å². The molecule has 2 amide bonds. The van der Waals surface area contributed by atoms with E-state index in [1.54, 1.807) is 30.6 Å². The lowest BCUT2D eigenvalue weighted by atomic mass is 10.0. The largest absolute Gasteiger partial charge is 0.273 e. The molecule has 6 nitrogen and oxygen atoms in total. The van der Waals surface area contributed by atoms with Crippen LogP contribution in [0.25, 0.3) is 22.2 Å². The van der Waals surface area contributed by atoms with Gasteiger partial charge in [-0.3, -0.25) is 25.4 Å². The molecule has 0 aliphatic carbocycles. The third-order valence-electron chi connectivity index (χ3n) is 4.78. The molecule has 0 bridgehead atoms. The minimum Gasteiger partial charge on any atom is -0.273 e. The van der Waals surface area contributed by atoms with Gasteiger partial charge in [0, 0.05) is 34.8 Å². The highest BCUT2D eigenvalue weighted by atomic mass is 35.5. The van der Waals surface area contributed by atoms with E-state index in [4.69, 9.17) is 11.6 Å². The van der Waals surface area contributed by atoms with Crippen LogP contribution in [0, 0.1) is 0 Å². The molecule has 4 aromatic rings. The van der Waals surface area contributed by atoms with Gasteiger partial charge in [0.15, 0.2) is 0 Å². The first-order chi connectivity index (χ1) is 15.1. The zero-order valence-electron chi connectivity index (χ0n) is 16.5. The van der Waals surface area contributed by atoms with Crippen molar-refractivity contribution in [2.24, 2.45) is 0 Å². The molecule has 0 atom stereocenters. The SMILES string of the molecule is O=C(CCc1cccnc1)NNC(=O)c1cc(-c2ccc(Cl)cc2)nc2ccccc12. The van der Waals surface area contributed by atoms with Crippen LogP contribution >= 0.6 is 11.6 Å². The number of rotatable bonds is 5. The number of hydrazine groups is 1. The number of hydrogen-bond donors (Lipinski definition) is 2. The van der Waals surface area contributed by atoms with E-state index in [0.29, 0.717) is 33.6 Å². The molecule has 2 N–H and O–H groups in total. The van der Waals surface area contributed by atoms with Gasteiger partial charge in [-0.25, -0.2) is 4.98 Å². The number of aryl methyl sites for hydroxylation is 1. The summed E-state index contributed by atoms with van der Waals surface area (Å²) >= 11 is 5.98. The molecule has 4 rings (SSSR count). The predicted octanol–water partition coefficient (Wildman–Crippen LogP) is 4.34. The molecule has 0 fully saturated rings. The molecule has 0 spiro atoms. The Labute approximate surface area is 184 Å². The molecule has 154 valence electrons. The second-order valence-electron chi connectivity index (χ2n) is 6.94. The number of nitrogens with zero attached hydrogens (tertiary/aromatic N) is 2. The Hall–Kier alpha value is -3.77. The predicted molar refractivity (Wildman–Crippen MR) is 120 cm³/mol. The number of para-hydroxylation sites is 1. The smallest absolute Gasteiger partial charge is 0.270 e. The van der Waals surface area contributed by atoms with Crippen molar-refractivity contribution in [2.75, 3.05) is 0 Å². The summed E-state index contributed by atoms with van der Waals surface area (Å²) in [5.41, 5.74) is 8.54. The van der Waals surface area contributed by atoms with Gasteiger partial charge in [0.05, 0.1) is 16.8 Å². The summed E-state index contributed by atoms with van der Waals surface area (Å²) in [6, 6.07) is 20.1. The van der Waals surface area contributed by atoms with Crippen molar-refractivity contribution in [2.45, 2.75) is 12.8 Å². The number of fused-ring (bicyclic) bond motifs is 1. The fraction of sp³-hybridized carbons (Fsp3) is 0.0833. The zero-order chi connectivity index (χ0) is 21.6. The highest BCUT2D eigenvalue weighted by Gasteiger charge is 2.15. The molecule has 0 saturated carbocycles. The van der Waals surface area contributed by atoms with Crippen molar-refractivity contribution in [3.8, 4) is 11.3 Å². The van der Waals surface area contributed by atoms with Crippen LogP contribution in [0.15, 0.2) is 79.1 Å². The van der Waals surface area contributed by atoms with E-state index in [1.165, 1.54) is 0 Å². The molecule has 7 heteroatoms. The number of halogens is 1. The fourth-order valence-electron chi connectivity index (χ4n) is 3.19. The molecular formula is C24H19ClN4O2. The van der Waals surface area contributed by atoms with Crippen LogP contribution in [0.4, 0.5) is 0 Å². The van der Waals surface area contributed by atoms with Gasteiger partial charge >= 0.3 is 0 Å².